The number of nitrogen functional groups attached to an aromatic ring is 1. The van der Waals surface area contributed by atoms with Gasteiger partial charge in [-0.25, -0.2) is 5.84 Å². The Morgan fingerprint density at radius 2 is 2.07 bits per heavy atom. The summed E-state index contributed by atoms with van der Waals surface area (Å²) in [4.78, 5) is 13.6. The van der Waals surface area contributed by atoms with E-state index in [0.717, 1.165) is 25.9 Å². The molecule has 0 radical (unpaired) electrons. The molecule has 1 aromatic heterocycles. The monoisotopic (exact) mass is 207 g/mol. The minimum atomic E-state index is -0.0522. The van der Waals surface area contributed by atoms with E-state index < -0.39 is 0 Å². The predicted molar refractivity (Wildman–Crippen MR) is 55.0 cm³/mol. The van der Waals surface area contributed by atoms with Gasteiger partial charge in [0.2, 0.25) is 0 Å². The summed E-state index contributed by atoms with van der Waals surface area (Å²) in [7, 11) is 0. The van der Waals surface area contributed by atoms with E-state index in [-0.39, 0.29) is 5.91 Å². The van der Waals surface area contributed by atoms with Gasteiger partial charge >= 0.3 is 0 Å². The first-order valence-electron chi connectivity index (χ1n) is 4.91. The van der Waals surface area contributed by atoms with Crippen LogP contribution in [0.15, 0.2) is 12.1 Å². The minimum Gasteiger partial charge on any atom is -0.337 e. The van der Waals surface area contributed by atoms with E-state index in [9.17, 15) is 4.79 Å². The van der Waals surface area contributed by atoms with Crippen LogP contribution in [-0.4, -0.2) is 34.1 Å². The molecule has 0 aliphatic carbocycles. The summed E-state index contributed by atoms with van der Waals surface area (Å²) in [6.07, 6.45) is 2.14. The largest absolute Gasteiger partial charge is 0.337 e. The van der Waals surface area contributed by atoms with Crippen LogP contribution in [-0.2, 0) is 0 Å². The fraction of sp³-hybridized carbons (Fsp3) is 0.444. The summed E-state index contributed by atoms with van der Waals surface area (Å²) >= 11 is 0. The summed E-state index contributed by atoms with van der Waals surface area (Å²) in [6.45, 7) is 1.63. The predicted octanol–water partition coefficient (Wildman–Crippen LogP) is -0.00180. The molecule has 80 valence electrons. The number of carbonyl (C=O) groups excluding carboxylic acids is 1. The van der Waals surface area contributed by atoms with Gasteiger partial charge in [-0.05, 0) is 25.0 Å². The number of amides is 1. The maximum atomic E-state index is 11.8. The van der Waals surface area contributed by atoms with Crippen molar-refractivity contribution in [1.29, 1.82) is 0 Å². The highest BCUT2D eigenvalue weighted by atomic mass is 16.2. The summed E-state index contributed by atoms with van der Waals surface area (Å²) in [6, 6.07) is 3.26. The SMILES string of the molecule is NNc1ccc(C(=O)N2CCCC2)nn1. The zero-order valence-electron chi connectivity index (χ0n) is 8.31. The molecule has 1 saturated heterocycles. The molecule has 2 heterocycles. The standard InChI is InChI=1S/C9H13N5O/c10-11-8-4-3-7(12-13-8)9(15)14-5-1-2-6-14/h3-4H,1-2,5-6,10H2,(H,11,13). The van der Waals surface area contributed by atoms with Gasteiger partial charge in [0.25, 0.3) is 5.91 Å². The van der Waals surface area contributed by atoms with Crippen molar-refractivity contribution < 1.29 is 4.79 Å². The van der Waals surface area contributed by atoms with Crippen LogP contribution in [0.4, 0.5) is 5.82 Å². The third-order valence-electron chi connectivity index (χ3n) is 2.42. The van der Waals surface area contributed by atoms with E-state index in [2.05, 4.69) is 15.6 Å². The molecule has 1 amide bonds. The molecule has 1 aliphatic heterocycles. The summed E-state index contributed by atoms with van der Waals surface area (Å²) in [5, 5.41) is 7.57. The van der Waals surface area contributed by atoms with Gasteiger partial charge in [0.15, 0.2) is 11.5 Å². The molecule has 6 heteroatoms. The first-order valence-corrected chi connectivity index (χ1v) is 4.91. The number of nitrogens with two attached hydrogens (primary N) is 1. The Morgan fingerprint density at radius 3 is 2.60 bits per heavy atom. The van der Waals surface area contributed by atoms with Crippen LogP contribution in [0.3, 0.4) is 0 Å². The van der Waals surface area contributed by atoms with Crippen LogP contribution in [0.1, 0.15) is 23.3 Å². The molecule has 1 aliphatic rings. The third kappa shape index (κ3) is 2.04. The maximum Gasteiger partial charge on any atom is 0.274 e. The smallest absolute Gasteiger partial charge is 0.274 e. The molecule has 2 rings (SSSR count). The normalized spacial score (nSPS) is 15.4. The second-order valence-corrected chi connectivity index (χ2v) is 3.45. The maximum absolute atomic E-state index is 11.8. The summed E-state index contributed by atoms with van der Waals surface area (Å²) in [5.41, 5.74) is 2.74. The van der Waals surface area contributed by atoms with Crippen molar-refractivity contribution in [2.45, 2.75) is 12.8 Å². The highest BCUT2D eigenvalue weighted by Crippen LogP contribution is 2.11. The van der Waals surface area contributed by atoms with Crippen molar-refractivity contribution in [3.8, 4) is 0 Å². The molecule has 1 aromatic rings. The van der Waals surface area contributed by atoms with Crippen molar-refractivity contribution in [3.05, 3.63) is 17.8 Å². The van der Waals surface area contributed by atoms with Crippen molar-refractivity contribution in [2.24, 2.45) is 5.84 Å². The van der Waals surface area contributed by atoms with E-state index in [4.69, 9.17) is 5.84 Å². The van der Waals surface area contributed by atoms with E-state index in [0.29, 0.717) is 11.5 Å². The lowest BCUT2D eigenvalue weighted by Crippen LogP contribution is -2.28. The van der Waals surface area contributed by atoms with Crippen LogP contribution in [0.25, 0.3) is 0 Å². The Kier molecular flexibility index (Phi) is 2.77. The lowest BCUT2D eigenvalue weighted by Gasteiger charge is -2.13. The molecule has 3 N–H and O–H groups in total. The fourth-order valence-corrected chi connectivity index (χ4v) is 1.61. The Hall–Kier alpha value is -1.69. The van der Waals surface area contributed by atoms with Gasteiger partial charge < -0.3 is 10.3 Å². The number of hydrazine groups is 1. The molecule has 0 saturated carbocycles. The molecule has 0 atom stereocenters. The van der Waals surface area contributed by atoms with Crippen LogP contribution in [0.2, 0.25) is 0 Å². The molecule has 0 unspecified atom stereocenters. The number of hydrogen-bond acceptors (Lipinski definition) is 5. The molecule has 0 spiro atoms. The van der Waals surface area contributed by atoms with E-state index >= 15 is 0 Å². The lowest BCUT2D eigenvalue weighted by atomic mass is 10.3. The van der Waals surface area contributed by atoms with Gasteiger partial charge in [-0.2, -0.15) is 0 Å². The number of aromatic nitrogens is 2. The van der Waals surface area contributed by atoms with Gasteiger partial charge in [0.05, 0.1) is 0 Å². The van der Waals surface area contributed by atoms with Crippen LogP contribution in [0, 0.1) is 0 Å². The van der Waals surface area contributed by atoms with E-state index in [1.165, 1.54) is 0 Å². The van der Waals surface area contributed by atoms with Gasteiger partial charge in [-0.3, -0.25) is 4.79 Å². The number of carbonyl (C=O) groups is 1. The lowest BCUT2D eigenvalue weighted by molar-refractivity contribution is 0.0786. The van der Waals surface area contributed by atoms with Gasteiger partial charge in [0, 0.05) is 13.1 Å². The molecule has 1 fully saturated rings. The molecule has 0 aromatic carbocycles. The Bertz CT molecular complexity index is 344. The number of nitrogens with one attached hydrogen (secondary N) is 1. The van der Waals surface area contributed by atoms with Crippen molar-refractivity contribution in [3.63, 3.8) is 0 Å². The summed E-state index contributed by atoms with van der Waals surface area (Å²) in [5.74, 6) is 5.55. The number of hydrogen-bond donors (Lipinski definition) is 2. The van der Waals surface area contributed by atoms with Crippen LogP contribution < -0.4 is 11.3 Å². The van der Waals surface area contributed by atoms with Crippen LogP contribution in [0.5, 0.6) is 0 Å². The second-order valence-electron chi connectivity index (χ2n) is 3.45. The van der Waals surface area contributed by atoms with Gasteiger partial charge in [-0.1, -0.05) is 0 Å². The van der Waals surface area contributed by atoms with E-state index in [1.54, 1.807) is 17.0 Å². The third-order valence-corrected chi connectivity index (χ3v) is 2.42. The first kappa shape index (κ1) is 9.85. The number of rotatable bonds is 2. The van der Waals surface area contributed by atoms with Crippen molar-refractivity contribution in [2.75, 3.05) is 18.5 Å². The molecule has 6 nitrogen and oxygen atoms in total. The Balaban J connectivity index is 2.11. The van der Waals surface area contributed by atoms with Crippen molar-refractivity contribution in [1.82, 2.24) is 15.1 Å². The zero-order chi connectivity index (χ0) is 10.7. The number of likely N-dealkylation sites (tertiary alicyclic amines) is 1. The minimum absolute atomic E-state index is 0.0522. The quantitative estimate of drug-likeness (QED) is 0.526. The van der Waals surface area contributed by atoms with Crippen LogP contribution >= 0.6 is 0 Å². The van der Waals surface area contributed by atoms with E-state index in [1.807, 2.05) is 0 Å². The first-order chi connectivity index (χ1) is 7.31. The molecular weight excluding hydrogens is 194 g/mol. The molecule has 0 bridgehead atoms. The zero-order valence-corrected chi connectivity index (χ0v) is 8.31. The number of nitrogens with zero attached hydrogens (tertiary/aromatic N) is 3. The second kappa shape index (κ2) is 4.22. The van der Waals surface area contributed by atoms with Gasteiger partial charge in [0.1, 0.15) is 0 Å². The fourth-order valence-electron chi connectivity index (χ4n) is 1.61. The van der Waals surface area contributed by atoms with Crippen molar-refractivity contribution >= 4 is 11.7 Å². The van der Waals surface area contributed by atoms with Gasteiger partial charge in [-0.15, -0.1) is 10.2 Å². The Labute approximate surface area is 87.4 Å². The average molecular weight is 207 g/mol. The molecular formula is C9H13N5O. The highest BCUT2D eigenvalue weighted by Gasteiger charge is 2.20. The Morgan fingerprint density at radius 1 is 1.33 bits per heavy atom. The highest BCUT2D eigenvalue weighted by molar-refractivity contribution is 5.92. The topological polar surface area (TPSA) is 84.1 Å². The summed E-state index contributed by atoms with van der Waals surface area (Å²) < 4.78 is 0. The number of anilines is 1. The molecule has 15 heavy (non-hydrogen) atoms. The average Bonchev–Trinajstić information content (AvgIpc) is 2.82.